The summed E-state index contributed by atoms with van der Waals surface area (Å²) in [5, 5.41) is 21.6. The van der Waals surface area contributed by atoms with Gasteiger partial charge >= 0.3 is 5.97 Å². The Morgan fingerprint density at radius 2 is 1.58 bits per heavy atom. The Labute approximate surface area is 154 Å². The van der Waals surface area contributed by atoms with Gasteiger partial charge in [-0.3, -0.25) is 0 Å². The lowest BCUT2D eigenvalue weighted by molar-refractivity contribution is -0.354. The molecule has 4 nitrogen and oxygen atoms in total. The van der Waals surface area contributed by atoms with Crippen molar-refractivity contribution in [3.63, 3.8) is 0 Å². The van der Waals surface area contributed by atoms with E-state index in [4.69, 9.17) is 5.11 Å². The standard InChI is InChI=1S/C22H25NO3/c1-21(2)11-12-22(3,4)19-13-17(9-10-18(19)21)23(26)14-15-5-7-16(8-6-15)20(24)25/h5-10,13-14H,11-12H2,1-4H3,(H,24,25)/b23-14-. The van der Waals surface area contributed by atoms with E-state index in [0.717, 1.165) is 17.6 Å². The van der Waals surface area contributed by atoms with Crippen LogP contribution in [0.25, 0.3) is 0 Å². The third-order valence-corrected chi connectivity index (χ3v) is 5.51. The van der Waals surface area contributed by atoms with E-state index in [1.54, 1.807) is 12.1 Å². The summed E-state index contributed by atoms with van der Waals surface area (Å²) in [6, 6.07) is 12.2. The molecule has 0 aliphatic heterocycles. The van der Waals surface area contributed by atoms with Crippen molar-refractivity contribution in [1.82, 2.24) is 0 Å². The van der Waals surface area contributed by atoms with Gasteiger partial charge in [0, 0.05) is 17.7 Å². The van der Waals surface area contributed by atoms with Crippen LogP contribution in [-0.4, -0.2) is 22.0 Å². The summed E-state index contributed by atoms with van der Waals surface area (Å²) < 4.78 is 0.855. The Bertz CT molecular complexity index is 877. The van der Waals surface area contributed by atoms with E-state index in [0.29, 0.717) is 11.3 Å². The maximum Gasteiger partial charge on any atom is 0.335 e. The summed E-state index contributed by atoms with van der Waals surface area (Å²) in [4.78, 5) is 10.9. The molecule has 0 fully saturated rings. The SMILES string of the molecule is CC1(C)CCC(C)(C)c2cc(/[N+]([O-])=C/c3ccc(C(=O)O)cc3)ccc21. The van der Waals surface area contributed by atoms with Crippen LogP contribution in [0.1, 0.15) is 67.6 Å². The van der Waals surface area contributed by atoms with E-state index in [1.165, 1.54) is 29.5 Å². The van der Waals surface area contributed by atoms with Crippen LogP contribution in [0.4, 0.5) is 5.69 Å². The quantitative estimate of drug-likeness (QED) is 0.366. The van der Waals surface area contributed by atoms with Crippen molar-refractivity contribution >= 4 is 17.9 Å². The second-order valence-electron chi connectivity index (χ2n) is 8.38. The monoisotopic (exact) mass is 351 g/mol. The summed E-state index contributed by atoms with van der Waals surface area (Å²) in [6.07, 6.45) is 3.71. The first-order valence-electron chi connectivity index (χ1n) is 8.90. The smallest absolute Gasteiger partial charge is 0.335 e. The topological polar surface area (TPSA) is 63.4 Å². The second-order valence-corrected chi connectivity index (χ2v) is 8.38. The largest absolute Gasteiger partial charge is 0.618 e. The van der Waals surface area contributed by atoms with Gasteiger partial charge in [-0.1, -0.05) is 33.8 Å². The summed E-state index contributed by atoms with van der Waals surface area (Å²) in [5.74, 6) is -0.977. The van der Waals surface area contributed by atoms with Crippen LogP contribution in [0.15, 0.2) is 42.5 Å². The van der Waals surface area contributed by atoms with Crippen molar-refractivity contribution in [2.24, 2.45) is 0 Å². The van der Waals surface area contributed by atoms with Gasteiger partial charge in [0.2, 0.25) is 5.69 Å². The minimum Gasteiger partial charge on any atom is -0.618 e. The molecule has 0 spiro atoms. The van der Waals surface area contributed by atoms with Crippen molar-refractivity contribution in [3.8, 4) is 0 Å². The summed E-state index contributed by atoms with van der Waals surface area (Å²) in [5.41, 5.74) is 4.19. The van der Waals surface area contributed by atoms with Gasteiger partial charge in [-0.2, -0.15) is 4.74 Å². The van der Waals surface area contributed by atoms with Crippen molar-refractivity contribution in [3.05, 3.63) is 69.9 Å². The molecule has 1 aliphatic carbocycles. The maximum atomic E-state index is 12.6. The number of carboxylic acid groups (broad SMARTS) is 1. The Morgan fingerprint density at radius 1 is 1.00 bits per heavy atom. The number of rotatable bonds is 3. The summed E-state index contributed by atoms with van der Waals surface area (Å²) in [7, 11) is 0. The number of hydrogen-bond acceptors (Lipinski definition) is 2. The van der Waals surface area contributed by atoms with Crippen LogP contribution >= 0.6 is 0 Å². The first kappa shape index (κ1) is 18.2. The van der Waals surface area contributed by atoms with Gasteiger partial charge in [0.15, 0.2) is 6.21 Å². The molecule has 3 rings (SSSR count). The van der Waals surface area contributed by atoms with E-state index in [1.807, 2.05) is 12.1 Å². The third-order valence-electron chi connectivity index (χ3n) is 5.51. The number of benzene rings is 2. The fourth-order valence-electron chi connectivity index (χ4n) is 3.64. The molecule has 26 heavy (non-hydrogen) atoms. The molecule has 0 atom stereocenters. The van der Waals surface area contributed by atoms with Gasteiger partial charge in [-0.05, 0) is 59.1 Å². The van der Waals surface area contributed by atoms with Gasteiger partial charge in [-0.15, -0.1) is 0 Å². The predicted molar refractivity (Wildman–Crippen MR) is 104 cm³/mol. The molecule has 0 amide bonds. The fraction of sp³-hybridized carbons (Fsp3) is 0.364. The average Bonchev–Trinajstić information content (AvgIpc) is 2.59. The van der Waals surface area contributed by atoms with Crippen molar-refractivity contribution in [1.29, 1.82) is 0 Å². The van der Waals surface area contributed by atoms with Crippen LogP contribution in [-0.2, 0) is 10.8 Å². The Morgan fingerprint density at radius 3 is 2.15 bits per heavy atom. The highest BCUT2D eigenvalue weighted by Gasteiger charge is 2.37. The van der Waals surface area contributed by atoms with Crippen LogP contribution in [0, 0.1) is 5.21 Å². The highest BCUT2D eigenvalue weighted by Crippen LogP contribution is 2.46. The van der Waals surface area contributed by atoms with Crippen LogP contribution in [0.5, 0.6) is 0 Å². The molecule has 4 heteroatoms. The molecule has 0 unspecified atom stereocenters. The first-order valence-corrected chi connectivity index (χ1v) is 8.90. The number of hydrogen-bond donors (Lipinski definition) is 1. The number of carbonyl (C=O) groups is 1. The molecule has 0 bridgehead atoms. The molecular weight excluding hydrogens is 326 g/mol. The zero-order valence-corrected chi connectivity index (χ0v) is 15.7. The molecule has 1 N–H and O–H groups in total. The van der Waals surface area contributed by atoms with Gasteiger partial charge in [0.05, 0.1) is 5.56 Å². The van der Waals surface area contributed by atoms with Gasteiger partial charge in [0.25, 0.3) is 0 Å². The minimum absolute atomic E-state index is 0.0465. The van der Waals surface area contributed by atoms with Gasteiger partial charge < -0.3 is 10.3 Å². The summed E-state index contributed by atoms with van der Waals surface area (Å²) in [6.45, 7) is 8.97. The fourth-order valence-corrected chi connectivity index (χ4v) is 3.64. The molecule has 2 aromatic rings. The highest BCUT2D eigenvalue weighted by molar-refractivity contribution is 5.88. The molecule has 136 valence electrons. The molecule has 0 saturated heterocycles. The van der Waals surface area contributed by atoms with Crippen LogP contribution < -0.4 is 0 Å². The van der Waals surface area contributed by atoms with E-state index >= 15 is 0 Å². The number of aromatic carboxylic acids is 1. The van der Waals surface area contributed by atoms with Crippen molar-refractivity contribution < 1.29 is 14.6 Å². The van der Waals surface area contributed by atoms with E-state index < -0.39 is 5.97 Å². The normalized spacial score (nSPS) is 18.2. The molecular formula is C22H25NO3. The number of nitrogens with zero attached hydrogens (tertiary/aromatic N) is 1. The lowest BCUT2D eigenvalue weighted by atomic mass is 9.63. The average molecular weight is 351 g/mol. The van der Waals surface area contributed by atoms with Gasteiger partial charge in [0.1, 0.15) is 0 Å². The lowest BCUT2D eigenvalue weighted by Gasteiger charge is -2.41. The van der Waals surface area contributed by atoms with Gasteiger partial charge in [-0.25, -0.2) is 4.79 Å². The van der Waals surface area contributed by atoms with E-state index in [-0.39, 0.29) is 16.4 Å². The Balaban J connectivity index is 1.98. The molecule has 0 heterocycles. The molecule has 0 radical (unpaired) electrons. The van der Waals surface area contributed by atoms with E-state index in [2.05, 4.69) is 33.8 Å². The molecule has 0 aromatic heterocycles. The van der Waals surface area contributed by atoms with Crippen LogP contribution in [0.2, 0.25) is 0 Å². The minimum atomic E-state index is -0.977. The Hall–Kier alpha value is -2.62. The highest BCUT2D eigenvalue weighted by atomic mass is 16.5. The third kappa shape index (κ3) is 3.36. The molecule has 1 aliphatic rings. The number of fused-ring (bicyclic) bond motifs is 1. The zero-order chi connectivity index (χ0) is 19.1. The van der Waals surface area contributed by atoms with Crippen molar-refractivity contribution in [2.45, 2.75) is 51.4 Å². The first-order chi connectivity index (χ1) is 12.1. The van der Waals surface area contributed by atoms with Crippen molar-refractivity contribution in [2.75, 3.05) is 0 Å². The second kappa shape index (κ2) is 6.27. The predicted octanol–water partition coefficient (Wildman–Crippen LogP) is 4.99. The Kier molecular flexibility index (Phi) is 4.39. The molecule has 2 aromatic carbocycles. The van der Waals surface area contributed by atoms with Crippen LogP contribution in [0.3, 0.4) is 0 Å². The number of carboxylic acids is 1. The zero-order valence-electron chi connectivity index (χ0n) is 15.7. The maximum absolute atomic E-state index is 12.6. The molecule has 0 saturated carbocycles. The lowest BCUT2D eigenvalue weighted by Crippen LogP contribution is -2.33. The summed E-state index contributed by atoms with van der Waals surface area (Å²) >= 11 is 0. The van der Waals surface area contributed by atoms with E-state index in [9.17, 15) is 10.0 Å².